The largest absolute Gasteiger partial charge is 0.381 e. The molecule has 0 unspecified atom stereocenters. The van der Waals surface area contributed by atoms with Crippen LogP contribution in [0.1, 0.15) is 18.4 Å². The SMILES string of the molecule is CNCc1cc(S(=O)(=O)NCC2CCOCC2)ccc1Cl. The molecule has 1 saturated heterocycles. The van der Waals surface area contributed by atoms with Crippen molar-refractivity contribution in [2.24, 2.45) is 5.92 Å². The highest BCUT2D eigenvalue weighted by Gasteiger charge is 2.19. The number of hydrogen-bond donors (Lipinski definition) is 2. The van der Waals surface area contributed by atoms with Crippen LogP contribution >= 0.6 is 11.6 Å². The number of nitrogens with one attached hydrogen (secondary N) is 2. The molecule has 0 saturated carbocycles. The van der Waals surface area contributed by atoms with E-state index in [0.29, 0.717) is 37.2 Å². The van der Waals surface area contributed by atoms with Gasteiger partial charge in [-0.15, -0.1) is 0 Å². The number of hydrogen-bond acceptors (Lipinski definition) is 4. The van der Waals surface area contributed by atoms with Gasteiger partial charge in [-0.25, -0.2) is 13.1 Å². The van der Waals surface area contributed by atoms with Crippen molar-refractivity contribution >= 4 is 21.6 Å². The van der Waals surface area contributed by atoms with Gasteiger partial charge in [0.2, 0.25) is 10.0 Å². The molecular weight excluding hydrogens is 312 g/mol. The third-order valence-corrected chi connectivity index (χ3v) is 5.39. The van der Waals surface area contributed by atoms with E-state index in [1.165, 1.54) is 6.07 Å². The molecule has 2 rings (SSSR count). The Balaban J connectivity index is 2.06. The van der Waals surface area contributed by atoms with Crippen molar-refractivity contribution in [2.75, 3.05) is 26.8 Å². The molecule has 2 N–H and O–H groups in total. The Kier molecular flexibility index (Phi) is 6.01. The molecule has 5 nitrogen and oxygen atoms in total. The summed E-state index contributed by atoms with van der Waals surface area (Å²) >= 11 is 6.05. The minimum absolute atomic E-state index is 0.254. The van der Waals surface area contributed by atoms with Crippen LogP contribution in [0.5, 0.6) is 0 Å². The second kappa shape index (κ2) is 7.56. The molecule has 7 heteroatoms. The zero-order valence-electron chi connectivity index (χ0n) is 12.1. The third kappa shape index (κ3) is 4.66. The summed E-state index contributed by atoms with van der Waals surface area (Å²) in [5.41, 5.74) is 0.771. The Bertz CT molecular complexity index is 572. The van der Waals surface area contributed by atoms with Crippen LogP contribution in [-0.2, 0) is 21.3 Å². The van der Waals surface area contributed by atoms with E-state index in [4.69, 9.17) is 16.3 Å². The topological polar surface area (TPSA) is 67.4 Å². The summed E-state index contributed by atoms with van der Waals surface area (Å²) in [6, 6.07) is 4.77. The van der Waals surface area contributed by atoms with Crippen LogP contribution in [0.4, 0.5) is 0 Å². The summed E-state index contributed by atoms with van der Waals surface area (Å²) in [6.45, 7) is 2.40. The molecule has 0 atom stereocenters. The summed E-state index contributed by atoms with van der Waals surface area (Å²) in [5.74, 6) is 0.345. The maximum absolute atomic E-state index is 12.3. The second-order valence-electron chi connectivity index (χ2n) is 5.19. The first kappa shape index (κ1) is 16.7. The van der Waals surface area contributed by atoms with Gasteiger partial charge in [-0.2, -0.15) is 0 Å². The summed E-state index contributed by atoms with van der Waals surface area (Å²) in [7, 11) is -1.70. The molecule has 1 aliphatic heterocycles. The number of rotatable bonds is 6. The van der Waals surface area contributed by atoms with Crippen molar-refractivity contribution in [3.05, 3.63) is 28.8 Å². The monoisotopic (exact) mass is 332 g/mol. The average Bonchev–Trinajstić information content (AvgIpc) is 2.49. The van der Waals surface area contributed by atoms with Gasteiger partial charge in [-0.05, 0) is 49.6 Å². The van der Waals surface area contributed by atoms with E-state index >= 15 is 0 Å². The lowest BCUT2D eigenvalue weighted by atomic mass is 10.0. The van der Waals surface area contributed by atoms with Gasteiger partial charge >= 0.3 is 0 Å². The molecular formula is C14H21ClN2O3S. The number of ether oxygens (including phenoxy) is 1. The first-order valence-corrected chi connectivity index (χ1v) is 8.89. The highest BCUT2D eigenvalue weighted by molar-refractivity contribution is 7.89. The molecule has 21 heavy (non-hydrogen) atoms. The van der Waals surface area contributed by atoms with E-state index in [1.807, 2.05) is 0 Å². The lowest BCUT2D eigenvalue weighted by Crippen LogP contribution is -2.32. The van der Waals surface area contributed by atoms with Crippen molar-refractivity contribution in [2.45, 2.75) is 24.3 Å². The van der Waals surface area contributed by atoms with Gasteiger partial charge in [0.1, 0.15) is 0 Å². The lowest BCUT2D eigenvalue weighted by Gasteiger charge is -2.22. The Hall–Kier alpha value is -0.660. The molecule has 1 fully saturated rings. The van der Waals surface area contributed by atoms with E-state index in [1.54, 1.807) is 19.2 Å². The van der Waals surface area contributed by atoms with Gasteiger partial charge in [0, 0.05) is 31.3 Å². The van der Waals surface area contributed by atoms with Crippen LogP contribution in [0.2, 0.25) is 5.02 Å². The zero-order chi connectivity index (χ0) is 15.3. The molecule has 0 aromatic heterocycles. The van der Waals surface area contributed by atoms with Crippen molar-refractivity contribution in [3.63, 3.8) is 0 Å². The van der Waals surface area contributed by atoms with Gasteiger partial charge in [0.05, 0.1) is 4.90 Å². The molecule has 1 aromatic rings. The molecule has 1 heterocycles. The van der Waals surface area contributed by atoms with Crippen LogP contribution in [0.3, 0.4) is 0 Å². The Morgan fingerprint density at radius 3 is 2.71 bits per heavy atom. The summed E-state index contributed by atoms with van der Waals surface area (Å²) in [4.78, 5) is 0.254. The lowest BCUT2D eigenvalue weighted by molar-refractivity contribution is 0.0678. The highest BCUT2D eigenvalue weighted by Crippen LogP contribution is 2.21. The standard InChI is InChI=1S/C14H21ClN2O3S/c1-16-10-12-8-13(2-3-14(12)15)21(18,19)17-9-11-4-6-20-7-5-11/h2-3,8,11,16-17H,4-7,9-10H2,1H3. The van der Waals surface area contributed by atoms with Gasteiger partial charge < -0.3 is 10.1 Å². The number of halogens is 1. The fourth-order valence-corrected chi connectivity index (χ4v) is 3.66. The third-order valence-electron chi connectivity index (χ3n) is 3.60. The minimum atomic E-state index is -3.49. The Morgan fingerprint density at radius 2 is 2.05 bits per heavy atom. The van der Waals surface area contributed by atoms with Gasteiger partial charge in [0.15, 0.2) is 0 Å². The summed E-state index contributed by atoms with van der Waals surface area (Å²) in [6.07, 6.45) is 1.79. The van der Waals surface area contributed by atoms with Crippen LogP contribution in [0.15, 0.2) is 23.1 Å². The molecule has 1 aliphatic rings. The first-order valence-electron chi connectivity index (χ1n) is 7.03. The van der Waals surface area contributed by atoms with Gasteiger partial charge in [-0.1, -0.05) is 11.6 Å². The van der Waals surface area contributed by atoms with Crippen LogP contribution in [0.25, 0.3) is 0 Å². The highest BCUT2D eigenvalue weighted by atomic mass is 35.5. The predicted molar refractivity (Wildman–Crippen MR) is 82.9 cm³/mol. The summed E-state index contributed by atoms with van der Waals surface area (Å²) < 4.78 is 32.6. The molecule has 0 amide bonds. The molecule has 0 radical (unpaired) electrons. The van der Waals surface area contributed by atoms with Crippen molar-refractivity contribution in [1.29, 1.82) is 0 Å². The number of sulfonamides is 1. The maximum atomic E-state index is 12.3. The van der Waals surface area contributed by atoms with E-state index in [2.05, 4.69) is 10.0 Å². The smallest absolute Gasteiger partial charge is 0.240 e. The maximum Gasteiger partial charge on any atom is 0.240 e. The molecule has 0 aliphatic carbocycles. The van der Waals surface area contributed by atoms with Crippen LogP contribution < -0.4 is 10.0 Å². The van der Waals surface area contributed by atoms with E-state index in [0.717, 1.165) is 18.4 Å². The number of benzene rings is 1. The fourth-order valence-electron chi connectivity index (χ4n) is 2.31. The molecule has 0 spiro atoms. The van der Waals surface area contributed by atoms with E-state index < -0.39 is 10.0 Å². The second-order valence-corrected chi connectivity index (χ2v) is 7.37. The fraction of sp³-hybridized carbons (Fsp3) is 0.571. The van der Waals surface area contributed by atoms with Crippen molar-refractivity contribution < 1.29 is 13.2 Å². The van der Waals surface area contributed by atoms with Gasteiger partial charge in [-0.3, -0.25) is 0 Å². The predicted octanol–water partition coefficient (Wildman–Crippen LogP) is 1.76. The van der Waals surface area contributed by atoms with E-state index in [-0.39, 0.29) is 4.90 Å². The quantitative estimate of drug-likeness (QED) is 0.833. The van der Waals surface area contributed by atoms with E-state index in [9.17, 15) is 8.42 Å². The normalized spacial score (nSPS) is 17.0. The molecule has 118 valence electrons. The van der Waals surface area contributed by atoms with Gasteiger partial charge in [0.25, 0.3) is 0 Å². The zero-order valence-corrected chi connectivity index (χ0v) is 13.6. The molecule has 0 bridgehead atoms. The van der Waals surface area contributed by atoms with Crippen molar-refractivity contribution in [3.8, 4) is 0 Å². The Morgan fingerprint density at radius 1 is 1.33 bits per heavy atom. The average molecular weight is 333 g/mol. The minimum Gasteiger partial charge on any atom is -0.381 e. The molecule has 1 aromatic carbocycles. The van der Waals surface area contributed by atoms with Crippen LogP contribution in [0, 0.1) is 5.92 Å². The first-order chi connectivity index (χ1) is 10.0. The van der Waals surface area contributed by atoms with Crippen LogP contribution in [-0.4, -0.2) is 35.2 Å². The summed E-state index contributed by atoms with van der Waals surface area (Å²) in [5, 5.41) is 3.54. The Labute approximate surface area is 131 Å². The van der Waals surface area contributed by atoms with Crippen molar-refractivity contribution in [1.82, 2.24) is 10.0 Å².